The molecule has 0 amide bonds. The van der Waals surface area contributed by atoms with E-state index in [0.29, 0.717) is 0 Å². The van der Waals surface area contributed by atoms with E-state index in [2.05, 4.69) is 0 Å². The Morgan fingerprint density at radius 2 is 1.09 bits per heavy atom. The molecule has 0 unspecified atom stereocenters. The zero-order chi connectivity index (χ0) is 6.57. The second-order valence-corrected chi connectivity index (χ2v) is 1.29. The number of rotatable bonds is 3. The van der Waals surface area contributed by atoms with Crippen molar-refractivity contribution in [2.24, 2.45) is 0 Å². The van der Waals surface area contributed by atoms with Crippen LogP contribution in [0.4, 0.5) is 0 Å². The van der Waals surface area contributed by atoms with Crippen molar-refractivity contribution in [3.05, 3.63) is 0 Å². The van der Waals surface area contributed by atoms with Gasteiger partial charge < -0.3 is 10.2 Å². The number of carboxylic acid groups (broad SMARTS) is 2. The summed E-state index contributed by atoms with van der Waals surface area (Å²) in [5.41, 5.74) is 0. The molecule has 11 heavy (non-hydrogen) atoms. The fraction of sp³-hybridized carbons (Fsp3) is 0.500. The van der Waals surface area contributed by atoms with Gasteiger partial charge in [-0.2, -0.15) is 0 Å². The zero-order valence-electron chi connectivity index (χ0n) is 4.53. The van der Waals surface area contributed by atoms with Crippen LogP contribution in [0.15, 0.2) is 0 Å². The van der Waals surface area contributed by atoms with Crippen LogP contribution >= 0.6 is 12.4 Å². The summed E-state index contributed by atoms with van der Waals surface area (Å²) < 4.78 is 0. The summed E-state index contributed by atoms with van der Waals surface area (Å²) in [6.45, 7) is 0. The molecule has 0 aliphatic carbocycles. The molecule has 0 saturated heterocycles. The van der Waals surface area contributed by atoms with Crippen LogP contribution in [0.3, 0.4) is 0 Å². The van der Waals surface area contributed by atoms with Gasteiger partial charge in [-0.25, -0.2) is 0 Å². The van der Waals surface area contributed by atoms with Crippen molar-refractivity contribution < 1.29 is 19.8 Å². The summed E-state index contributed by atoms with van der Waals surface area (Å²) in [4.78, 5) is 19.3. The van der Waals surface area contributed by atoms with Crippen molar-refractivity contribution in [2.45, 2.75) is 12.8 Å². The van der Waals surface area contributed by atoms with Crippen molar-refractivity contribution in [3.63, 3.8) is 0 Å². The Morgan fingerprint density at radius 3 is 1.18 bits per heavy atom. The third-order valence-corrected chi connectivity index (χ3v) is 0.553. The second-order valence-electron chi connectivity index (χ2n) is 1.29. The van der Waals surface area contributed by atoms with Crippen LogP contribution in [0, 0.1) is 0 Å². The summed E-state index contributed by atoms with van der Waals surface area (Å²) in [6, 6.07) is 0. The van der Waals surface area contributed by atoms with Gasteiger partial charge in [0.2, 0.25) is 0 Å². The molecule has 7 heteroatoms. The summed E-state index contributed by atoms with van der Waals surface area (Å²) in [5.74, 6) is -2.15. The van der Waals surface area contributed by atoms with Gasteiger partial charge in [-0.05, 0) is 0 Å². The predicted molar refractivity (Wildman–Crippen MR) is 46.1 cm³/mol. The molecular weight excluding hydrogens is 226 g/mol. The van der Waals surface area contributed by atoms with Gasteiger partial charge in [-0.15, -0.1) is 12.4 Å². The third kappa shape index (κ3) is 24.5. The molecule has 0 fully saturated rings. The van der Waals surface area contributed by atoms with Crippen LogP contribution in [0.5, 0.6) is 0 Å². The van der Waals surface area contributed by atoms with E-state index in [0.717, 1.165) is 0 Å². The normalized spacial score (nSPS) is 6.18. The third-order valence-electron chi connectivity index (χ3n) is 0.553. The van der Waals surface area contributed by atoms with Crippen molar-refractivity contribution in [1.29, 1.82) is 0 Å². The Labute approximate surface area is 156 Å². The second kappa shape index (κ2) is 15.0. The first-order chi connectivity index (χ1) is 3.63. The molecule has 0 aromatic heterocycles. The molecular formula is C4H9ClK2O4. The Bertz CT molecular complexity index is 105. The fourth-order valence-corrected chi connectivity index (χ4v) is 0.214. The predicted octanol–water partition coefficient (Wildman–Crippen LogP) is -0.939. The SMILES string of the molecule is Cl.O=C(O)CCC(=O)O.[KH].[KH]. The molecule has 58 valence electrons. The average Bonchev–Trinajstić information content (AvgIpc) is 1.61. The Morgan fingerprint density at radius 1 is 0.909 bits per heavy atom. The van der Waals surface area contributed by atoms with Crippen molar-refractivity contribution in [2.75, 3.05) is 0 Å². The van der Waals surface area contributed by atoms with Gasteiger partial charge in [0.1, 0.15) is 0 Å². The minimum atomic E-state index is -1.08. The van der Waals surface area contributed by atoms with Gasteiger partial charge in [-0.1, -0.05) is 0 Å². The van der Waals surface area contributed by atoms with Gasteiger partial charge in [0.05, 0.1) is 12.8 Å². The van der Waals surface area contributed by atoms with Gasteiger partial charge in [0, 0.05) is 0 Å². The van der Waals surface area contributed by atoms with Crippen LogP contribution in [0.2, 0.25) is 0 Å². The number of carboxylic acids is 2. The maximum absolute atomic E-state index is 9.64. The van der Waals surface area contributed by atoms with Crippen LogP contribution < -0.4 is 0 Å². The molecule has 0 heterocycles. The van der Waals surface area contributed by atoms with Crippen LogP contribution in [0.25, 0.3) is 0 Å². The van der Waals surface area contributed by atoms with Crippen molar-refractivity contribution in [1.82, 2.24) is 0 Å². The van der Waals surface area contributed by atoms with E-state index in [4.69, 9.17) is 10.2 Å². The van der Waals surface area contributed by atoms with Crippen molar-refractivity contribution in [3.8, 4) is 0 Å². The number of hydrogen-bond acceptors (Lipinski definition) is 2. The zero-order valence-corrected chi connectivity index (χ0v) is 5.35. The van der Waals surface area contributed by atoms with Crippen LogP contribution in [-0.2, 0) is 9.59 Å². The Balaban J connectivity index is -0.0000000817. The first-order valence-corrected chi connectivity index (χ1v) is 2.06. The monoisotopic (exact) mass is 234 g/mol. The fourth-order valence-electron chi connectivity index (χ4n) is 0.214. The molecule has 0 radical (unpaired) electrons. The Kier molecular flexibility index (Phi) is 31.9. The number of hydrogen-bond donors (Lipinski definition) is 2. The standard InChI is InChI=1S/C4H6O4.ClH.2K.2H/c5-3(6)1-2-4(7)8;;;;;/h1-2H2,(H,5,6)(H,7,8);1H;;;;. The first-order valence-electron chi connectivity index (χ1n) is 2.06. The molecule has 4 nitrogen and oxygen atoms in total. The molecule has 0 saturated carbocycles. The van der Waals surface area contributed by atoms with E-state index in [9.17, 15) is 9.59 Å². The molecule has 0 atom stereocenters. The minimum absolute atomic E-state index is 0. The first kappa shape index (κ1) is 23.4. The molecule has 0 aromatic rings. The van der Waals surface area contributed by atoms with Gasteiger partial charge in [-0.3, -0.25) is 9.59 Å². The van der Waals surface area contributed by atoms with E-state index in [-0.39, 0.29) is 128 Å². The van der Waals surface area contributed by atoms with E-state index in [1.54, 1.807) is 0 Å². The molecule has 0 aliphatic heterocycles. The van der Waals surface area contributed by atoms with E-state index >= 15 is 0 Å². The van der Waals surface area contributed by atoms with Crippen LogP contribution in [0.1, 0.15) is 12.8 Å². The molecule has 0 aliphatic rings. The number of carbonyl (C=O) groups is 2. The summed E-state index contributed by atoms with van der Waals surface area (Å²) >= 11 is 0. The number of aliphatic carboxylic acids is 2. The van der Waals surface area contributed by atoms with E-state index < -0.39 is 11.9 Å². The summed E-state index contributed by atoms with van der Waals surface area (Å²) in [5, 5.41) is 15.8. The van der Waals surface area contributed by atoms with Crippen molar-refractivity contribution >= 4 is 127 Å². The van der Waals surface area contributed by atoms with E-state index in [1.807, 2.05) is 0 Å². The quantitative estimate of drug-likeness (QED) is 0.619. The maximum atomic E-state index is 9.64. The molecule has 0 rings (SSSR count). The van der Waals surface area contributed by atoms with Gasteiger partial charge >= 0.3 is 115 Å². The summed E-state index contributed by atoms with van der Waals surface area (Å²) in [6.07, 6.45) is -0.593. The van der Waals surface area contributed by atoms with E-state index in [1.165, 1.54) is 0 Å². The van der Waals surface area contributed by atoms with Crippen LogP contribution in [-0.4, -0.2) is 125 Å². The summed E-state index contributed by atoms with van der Waals surface area (Å²) in [7, 11) is 0. The molecule has 0 aromatic carbocycles. The average molecular weight is 235 g/mol. The Hall–Kier alpha value is 2.50. The molecule has 0 bridgehead atoms. The molecule has 2 N–H and O–H groups in total. The topological polar surface area (TPSA) is 74.6 Å². The van der Waals surface area contributed by atoms with Gasteiger partial charge in [0.25, 0.3) is 0 Å². The molecule has 0 spiro atoms. The number of halogens is 1. The van der Waals surface area contributed by atoms with Gasteiger partial charge in [0.15, 0.2) is 0 Å².